The molecule has 1 aliphatic rings. The zero-order valence-corrected chi connectivity index (χ0v) is 13.7. The first-order valence-corrected chi connectivity index (χ1v) is 8.10. The quantitative estimate of drug-likeness (QED) is 0.343. The minimum Gasteiger partial charge on any atom is -0.462 e. The number of esters is 1. The average Bonchev–Trinajstić information content (AvgIpc) is 2.58. The number of carbonyl (C=O) groups excluding carboxylic acids is 1. The van der Waals surface area contributed by atoms with Crippen molar-refractivity contribution in [3.05, 3.63) is 33.9 Å². The van der Waals surface area contributed by atoms with Crippen LogP contribution in [0.2, 0.25) is 0 Å². The maximum atomic E-state index is 12.0. The average molecular weight is 331 g/mol. The van der Waals surface area contributed by atoms with Crippen LogP contribution in [-0.4, -0.2) is 30.6 Å². The highest BCUT2D eigenvalue weighted by atomic mass is 16.6. The molecule has 128 valence electrons. The lowest BCUT2D eigenvalue weighted by Crippen LogP contribution is -2.33. The van der Waals surface area contributed by atoms with Crippen molar-refractivity contribution in [2.45, 2.75) is 32.6 Å². The molecule has 0 amide bonds. The Hall–Kier alpha value is -2.62. The Kier molecular flexibility index (Phi) is 6.13. The Morgan fingerprint density at radius 3 is 2.79 bits per heavy atom. The van der Waals surface area contributed by atoms with Crippen LogP contribution in [0.1, 0.15) is 43.0 Å². The number of ether oxygens (including phenoxy) is 1. The largest absolute Gasteiger partial charge is 0.462 e. The third-order valence-electron chi connectivity index (χ3n) is 4.20. The zero-order chi connectivity index (χ0) is 17.5. The lowest BCUT2D eigenvalue weighted by Gasteiger charge is -2.31. The van der Waals surface area contributed by atoms with Crippen LogP contribution in [0.5, 0.6) is 0 Å². The maximum Gasteiger partial charge on any atom is 0.338 e. The minimum atomic E-state index is -0.602. The number of hydrogen-bond acceptors (Lipinski definition) is 6. The van der Waals surface area contributed by atoms with Crippen LogP contribution in [0.4, 0.5) is 11.4 Å². The maximum absolute atomic E-state index is 12.0. The third kappa shape index (κ3) is 4.44. The predicted octanol–water partition coefficient (Wildman–Crippen LogP) is 3.29. The Bertz CT molecular complexity index is 646. The second-order valence-corrected chi connectivity index (χ2v) is 6.03. The Balaban J connectivity index is 2.13. The molecule has 1 fully saturated rings. The number of benzene rings is 1. The van der Waals surface area contributed by atoms with Crippen LogP contribution in [0, 0.1) is 27.4 Å². The first kappa shape index (κ1) is 17.7. The summed E-state index contributed by atoms with van der Waals surface area (Å²) in [4.78, 5) is 24.9. The minimum absolute atomic E-state index is 0.0731. The summed E-state index contributed by atoms with van der Waals surface area (Å²) in [6, 6.07) is 6.43. The van der Waals surface area contributed by atoms with Gasteiger partial charge < -0.3 is 9.64 Å². The summed E-state index contributed by atoms with van der Waals surface area (Å²) in [5.74, 6) is 0.0258. The van der Waals surface area contributed by atoms with Gasteiger partial charge in [0, 0.05) is 25.6 Å². The third-order valence-corrected chi connectivity index (χ3v) is 4.20. The summed E-state index contributed by atoms with van der Waals surface area (Å²) in [6.45, 7) is 3.86. The summed E-state index contributed by atoms with van der Waals surface area (Å²) in [6.07, 6.45) is 2.76. The molecule has 0 aliphatic carbocycles. The zero-order valence-electron chi connectivity index (χ0n) is 13.7. The number of nitro groups is 1. The van der Waals surface area contributed by atoms with Crippen LogP contribution in [0.15, 0.2) is 18.2 Å². The van der Waals surface area contributed by atoms with Crippen LogP contribution in [0.3, 0.4) is 0 Å². The monoisotopic (exact) mass is 331 g/mol. The smallest absolute Gasteiger partial charge is 0.338 e. The first-order valence-electron chi connectivity index (χ1n) is 8.10. The van der Waals surface area contributed by atoms with E-state index >= 15 is 0 Å². The van der Waals surface area contributed by atoms with Gasteiger partial charge in [0.1, 0.15) is 5.69 Å². The van der Waals surface area contributed by atoms with E-state index in [0.29, 0.717) is 24.4 Å². The van der Waals surface area contributed by atoms with E-state index in [1.807, 2.05) is 11.0 Å². The highest BCUT2D eigenvalue weighted by Gasteiger charge is 2.25. The molecule has 0 N–H and O–H groups in total. The second-order valence-electron chi connectivity index (χ2n) is 6.03. The van der Waals surface area contributed by atoms with Gasteiger partial charge in [0.25, 0.3) is 5.69 Å². The number of anilines is 1. The molecular formula is C17H21N3O4. The van der Waals surface area contributed by atoms with Gasteiger partial charge >= 0.3 is 5.97 Å². The van der Waals surface area contributed by atoms with Crippen LogP contribution in [0.25, 0.3) is 0 Å². The lowest BCUT2D eigenvalue weighted by atomic mass is 9.98. The number of hydrogen-bond donors (Lipinski definition) is 0. The molecule has 0 radical (unpaired) electrons. The molecule has 1 saturated heterocycles. The lowest BCUT2D eigenvalue weighted by molar-refractivity contribution is -0.384. The summed E-state index contributed by atoms with van der Waals surface area (Å²) in [7, 11) is 0. The Morgan fingerprint density at radius 2 is 2.17 bits per heavy atom. The molecule has 0 aromatic heterocycles. The van der Waals surface area contributed by atoms with Crippen molar-refractivity contribution in [3.63, 3.8) is 0 Å². The second kappa shape index (κ2) is 8.29. The number of rotatable bonds is 6. The SMILES string of the molecule is CC1CCN(c2ccc(C(=O)OCCCC#N)cc2[N+](=O)[O-])CC1. The van der Waals surface area contributed by atoms with Crippen LogP contribution >= 0.6 is 0 Å². The van der Waals surface area contributed by atoms with Gasteiger partial charge in [0.15, 0.2) is 0 Å². The molecule has 1 aromatic carbocycles. The summed E-state index contributed by atoms with van der Waals surface area (Å²) < 4.78 is 5.04. The molecule has 0 unspecified atom stereocenters. The molecule has 7 nitrogen and oxygen atoms in total. The Morgan fingerprint density at radius 1 is 1.46 bits per heavy atom. The number of carbonyl (C=O) groups is 1. The molecule has 0 atom stereocenters. The normalized spacial score (nSPS) is 14.9. The molecule has 24 heavy (non-hydrogen) atoms. The summed E-state index contributed by atoms with van der Waals surface area (Å²) >= 11 is 0. The van der Waals surface area contributed by atoms with Gasteiger partial charge in [-0.15, -0.1) is 0 Å². The summed E-state index contributed by atoms with van der Waals surface area (Å²) in [5, 5.41) is 19.8. The van der Waals surface area contributed by atoms with Crippen molar-refractivity contribution in [2.24, 2.45) is 5.92 Å². The molecule has 0 spiro atoms. The van der Waals surface area contributed by atoms with Crippen LogP contribution in [-0.2, 0) is 4.74 Å². The van der Waals surface area contributed by atoms with Crippen LogP contribution < -0.4 is 4.90 Å². The van der Waals surface area contributed by atoms with E-state index in [1.165, 1.54) is 6.07 Å². The van der Waals surface area contributed by atoms with E-state index in [1.54, 1.807) is 12.1 Å². The van der Waals surface area contributed by atoms with Crippen molar-refractivity contribution < 1.29 is 14.5 Å². The van der Waals surface area contributed by atoms with Gasteiger partial charge in [-0.05, 0) is 37.3 Å². The molecular weight excluding hydrogens is 310 g/mol. The van der Waals surface area contributed by atoms with Gasteiger partial charge in [-0.1, -0.05) is 6.92 Å². The fraction of sp³-hybridized carbons (Fsp3) is 0.529. The first-order chi connectivity index (χ1) is 11.5. The highest BCUT2D eigenvalue weighted by molar-refractivity contribution is 5.91. The molecule has 1 heterocycles. The molecule has 1 aliphatic heterocycles. The van der Waals surface area contributed by atoms with Gasteiger partial charge in [0.05, 0.1) is 23.2 Å². The molecule has 0 saturated carbocycles. The summed E-state index contributed by atoms with van der Waals surface area (Å²) in [5.41, 5.74) is 0.636. The number of piperidine rings is 1. The molecule has 7 heteroatoms. The number of nitriles is 1. The van der Waals surface area contributed by atoms with Crippen molar-refractivity contribution in [2.75, 3.05) is 24.6 Å². The van der Waals surface area contributed by atoms with Gasteiger partial charge in [-0.3, -0.25) is 10.1 Å². The highest BCUT2D eigenvalue weighted by Crippen LogP contribution is 2.32. The topological polar surface area (TPSA) is 96.5 Å². The van der Waals surface area contributed by atoms with Crippen molar-refractivity contribution in [3.8, 4) is 6.07 Å². The van der Waals surface area contributed by atoms with Crippen molar-refractivity contribution in [1.29, 1.82) is 5.26 Å². The van der Waals surface area contributed by atoms with Crippen molar-refractivity contribution in [1.82, 2.24) is 0 Å². The van der Waals surface area contributed by atoms with E-state index < -0.39 is 10.9 Å². The number of nitrogens with zero attached hydrogens (tertiary/aromatic N) is 3. The van der Waals surface area contributed by atoms with Gasteiger partial charge in [-0.25, -0.2) is 4.79 Å². The molecule has 1 aromatic rings. The number of nitro benzene ring substituents is 1. The van der Waals surface area contributed by atoms with Gasteiger partial charge in [-0.2, -0.15) is 5.26 Å². The fourth-order valence-electron chi connectivity index (χ4n) is 2.71. The van der Waals surface area contributed by atoms with Crippen molar-refractivity contribution >= 4 is 17.3 Å². The van der Waals surface area contributed by atoms with E-state index in [0.717, 1.165) is 25.9 Å². The van der Waals surface area contributed by atoms with E-state index in [-0.39, 0.29) is 17.9 Å². The Labute approximate surface area is 141 Å². The van der Waals surface area contributed by atoms with E-state index in [2.05, 4.69) is 6.92 Å². The fourth-order valence-corrected chi connectivity index (χ4v) is 2.71. The molecule has 0 bridgehead atoms. The standard InChI is InChI=1S/C17H21N3O4/c1-13-6-9-19(10-7-13)15-5-4-14(12-16(15)20(22)23)17(21)24-11-3-2-8-18/h4-5,12-13H,2-3,6-7,9-11H2,1H3. The van der Waals surface area contributed by atoms with E-state index in [4.69, 9.17) is 10.00 Å². The predicted molar refractivity (Wildman–Crippen MR) is 88.8 cm³/mol. The molecule has 2 rings (SSSR count). The van der Waals surface area contributed by atoms with Gasteiger partial charge in [0.2, 0.25) is 0 Å². The van der Waals surface area contributed by atoms with E-state index in [9.17, 15) is 14.9 Å². The number of unbranched alkanes of at least 4 members (excludes halogenated alkanes) is 1.